The Morgan fingerprint density at radius 1 is 1.33 bits per heavy atom. The molecule has 0 bridgehead atoms. The van der Waals surface area contributed by atoms with Crippen LogP contribution in [0.1, 0.15) is 51.9 Å². The monoisotopic (exact) mass is 167 g/mol. The fourth-order valence-electron chi connectivity index (χ4n) is 2.68. The van der Waals surface area contributed by atoms with E-state index in [1.807, 2.05) is 0 Å². The Morgan fingerprint density at radius 3 is 2.67 bits per heavy atom. The zero-order valence-corrected chi connectivity index (χ0v) is 8.18. The summed E-state index contributed by atoms with van der Waals surface area (Å²) in [6.45, 7) is 2.39. The Bertz CT molecular complexity index is 160. The summed E-state index contributed by atoms with van der Waals surface area (Å²) in [6.07, 6.45) is 9.69. The molecule has 2 unspecified atom stereocenters. The van der Waals surface area contributed by atoms with Crippen molar-refractivity contribution in [1.29, 1.82) is 0 Å². The summed E-state index contributed by atoms with van der Waals surface area (Å²) in [5.41, 5.74) is 6.42. The van der Waals surface area contributed by atoms with Crippen molar-refractivity contribution in [2.75, 3.05) is 0 Å². The molecule has 0 radical (unpaired) electrons. The lowest BCUT2D eigenvalue weighted by molar-refractivity contribution is 0.253. The van der Waals surface area contributed by atoms with E-state index in [1.165, 1.54) is 44.9 Å². The normalized spacial score (nSPS) is 39.5. The van der Waals surface area contributed by atoms with Gasteiger partial charge >= 0.3 is 0 Å². The van der Waals surface area contributed by atoms with Crippen LogP contribution in [0.25, 0.3) is 0 Å². The quantitative estimate of drug-likeness (QED) is 0.672. The standard InChI is InChI=1S/C11H21N/c1-9-3-2-4-10(7-9)8-11(12)5-6-11/h9-10H,2-8,12H2,1H3. The van der Waals surface area contributed by atoms with Gasteiger partial charge in [-0.25, -0.2) is 0 Å². The lowest BCUT2D eigenvalue weighted by atomic mass is 9.79. The molecule has 1 nitrogen and oxygen atoms in total. The number of hydrogen-bond donors (Lipinski definition) is 1. The molecule has 0 aromatic rings. The Morgan fingerprint density at radius 2 is 2.08 bits per heavy atom. The molecule has 12 heavy (non-hydrogen) atoms. The van der Waals surface area contributed by atoms with Gasteiger partial charge in [0.2, 0.25) is 0 Å². The van der Waals surface area contributed by atoms with Gasteiger partial charge in [-0.05, 0) is 37.5 Å². The van der Waals surface area contributed by atoms with E-state index in [4.69, 9.17) is 5.73 Å². The van der Waals surface area contributed by atoms with E-state index >= 15 is 0 Å². The lowest BCUT2D eigenvalue weighted by Gasteiger charge is -2.28. The van der Waals surface area contributed by atoms with Crippen LogP contribution in [0, 0.1) is 11.8 Å². The van der Waals surface area contributed by atoms with Gasteiger partial charge in [-0.1, -0.05) is 26.2 Å². The average Bonchev–Trinajstić information content (AvgIpc) is 2.67. The molecule has 0 aliphatic heterocycles. The molecule has 1 heteroatoms. The van der Waals surface area contributed by atoms with Crippen molar-refractivity contribution < 1.29 is 0 Å². The van der Waals surface area contributed by atoms with Gasteiger partial charge in [0.15, 0.2) is 0 Å². The van der Waals surface area contributed by atoms with Gasteiger partial charge in [0.1, 0.15) is 0 Å². The molecule has 2 atom stereocenters. The fourth-order valence-corrected chi connectivity index (χ4v) is 2.68. The Kier molecular flexibility index (Phi) is 2.16. The lowest BCUT2D eigenvalue weighted by Crippen LogP contribution is -2.27. The van der Waals surface area contributed by atoms with Crippen molar-refractivity contribution >= 4 is 0 Å². The molecule has 0 amide bonds. The molecule has 2 fully saturated rings. The molecule has 0 aromatic carbocycles. The molecule has 0 heterocycles. The van der Waals surface area contributed by atoms with Crippen molar-refractivity contribution in [2.45, 2.75) is 57.4 Å². The van der Waals surface area contributed by atoms with Crippen molar-refractivity contribution in [2.24, 2.45) is 17.6 Å². The highest BCUT2D eigenvalue weighted by Crippen LogP contribution is 2.42. The minimum atomic E-state index is 0.293. The molecule has 0 spiro atoms. The van der Waals surface area contributed by atoms with Gasteiger partial charge in [0.05, 0.1) is 0 Å². The van der Waals surface area contributed by atoms with E-state index in [2.05, 4.69) is 6.92 Å². The largest absolute Gasteiger partial charge is 0.325 e. The smallest absolute Gasteiger partial charge is 0.0158 e. The first-order valence-corrected chi connectivity index (χ1v) is 5.47. The van der Waals surface area contributed by atoms with E-state index < -0.39 is 0 Å². The van der Waals surface area contributed by atoms with E-state index in [9.17, 15) is 0 Å². The molecule has 70 valence electrons. The van der Waals surface area contributed by atoms with Gasteiger partial charge in [0.25, 0.3) is 0 Å². The number of hydrogen-bond acceptors (Lipinski definition) is 1. The predicted octanol–water partition coefficient (Wildman–Crippen LogP) is 2.69. The third kappa shape index (κ3) is 2.01. The molecular weight excluding hydrogens is 146 g/mol. The summed E-state index contributed by atoms with van der Waals surface area (Å²) in [5.74, 6) is 1.92. The Balaban J connectivity index is 1.79. The minimum Gasteiger partial charge on any atom is -0.325 e. The molecular formula is C11H21N. The zero-order chi connectivity index (χ0) is 8.60. The maximum Gasteiger partial charge on any atom is 0.0158 e. The van der Waals surface area contributed by atoms with Gasteiger partial charge in [-0.3, -0.25) is 0 Å². The molecule has 0 saturated heterocycles. The summed E-state index contributed by atoms with van der Waals surface area (Å²) < 4.78 is 0. The van der Waals surface area contributed by atoms with E-state index in [0.717, 1.165) is 11.8 Å². The molecule has 2 N–H and O–H groups in total. The summed E-state index contributed by atoms with van der Waals surface area (Å²) in [6, 6.07) is 0. The highest BCUT2D eigenvalue weighted by Gasteiger charge is 2.40. The van der Waals surface area contributed by atoms with Gasteiger partial charge in [0, 0.05) is 5.54 Å². The second-order valence-corrected chi connectivity index (χ2v) is 5.20. The van der Waals surface area contributed by atoms with Crippen LogP contribution in [0.15, 0.2) is 0 Å². The molecule has 2 saturated carbocycles. The summed E-state index contributed by atoms with van der Waals surface area (Å²) in [4.78, 5) is 0. The van der Waals surface area contributed by atoms with Crippen LogP contribution in [-0.4, -0.2) is 5.54 Å². The van der Waals surface area contributed by atoms with Crippen molar-refractivity contribution in [3.05, 3.63) is 0 Å². The van der Waals surface area contributed by atoms with Gasteiger partial charge in [-0.15, -0.1) is 0 Å². The second kappa shape index (κ2) is 3.02. The molecule has 0 aromatic heterocycles. The fraction of sp³-hybridized carbons (Fsp3) is 1.00. The third-order valence-electron chi connectivity index (χ3n) is 3.63. The van der Waals surface area contributed by atoms with Crippen LogP contribution in [0.4, 0.5) is 0 Å². The van der Waals surface area contributed by atoms with Crippen LogP contribution < -0.4 is 5.73 Å². The van der Waals surface area contributed by atoms with Crippen molar-refractivity contribution in [1.82, 2.24) is 0 Å². The predicted molar refractivity (Wildman–Crippen MR) is 51.9 cm³/mol. The summed E-state index contributed by atoms with van der Waals surface area (Å²) in [5, 5.41) is 0. The molecule has 2 aliphatic rings. The topological polar surface area (TPSA) is 26.0 Å². The molecule has 2 rings (SSSR count). The Hall–Kier alpha value is -0.0400. The first-order valence-electron chi connectivity index (χ1n) is 5.47. The van der Waals surface area contributed by atoms with Crippen molar-refractivity contribution in [3.8, 4) is 0 Å². The first-order chi connectivity index (χ1) is 5.68. The van der Waals surface area contributed by atoms with Crippen LogP contribution in [0.2, 0.25) is 0 Å². The highest BCUT2D eigenvalue weighted by molar-refractivity contribution is 5.00. The second-order valence-electron chi connectivity index (χ2n) is 5.20. The highest BCUT2D eigenvalue weighted by atomic mass is 14.8. The third-order valence-corrected chi connectivity index (χ3v) is 3.63. The number of rotatable bonds is 2. The SMILES string of the molecule is CC1CCCC(CC2(N)CC2)C1. The minimum absolute atomic E-state index is 0.293. The van der Waals surface area contributed by atoms with Crippen molar-refractivity contribution in [3.63, 3.8) is 0 Å². The van der Waals surface area contributed by atoms with Crippen LogP contribution >= 0.6 is 0 Å². The Labute approximate surface area is 75.7 Å². The van der Waals surface area contributed by atoms with Crippen LogP contribution in [0.3, 0.4) is 0 Å². The maximum atomic E-state index is 6.12. The summed E-state index contributed by atoms with van der Waals surface area (Å²) >= 11 is 0. The van der Waals surface area contributed by atoms with Crippen LogP contribution in [-0.2, 0) is 0 Å². The zero-order valence-electron chi connectivity index (χ0n) is 8.18. The number of nitrogens with two attached hydrogens (primary N) is 1. The molecule has 2 aliphatic carbocycles. The van der Waals surface area contributed by atoms with Gasteiger partial charge < -0.3 is 5.73 Å². The van der Waals surface area contributed by atoms with Crippen LogP contribution in [0.5, 0.6) is 0 Å². The van der Waals surface area contributed by atoms with E-state index in [0.29, 0.717) is 5.54 Å². The first kappa shape index (κ1) is 8.55. The summed E-state index contributed by atoms with van der Waals surface area (Å²) in [7, 11) is 0. The average molecular weight is 167 g/mol. The van der Waals surface area contributed by atoms with E-state index in [1.54, 1.807) is 0 Å². The van der Waals surface area contributed by atoms with E-state index in [-0.39, 0.29) is 0 Å². The van der Waals surface area contributed by atoms with Gasteiger partial charge in [-0.2, -0.15) is 0 Å². The maximum absolute atomic E-state index is 6.12.